The standard InChI is InChI=1S/C13H23I2NO/c1-3-7-13(8-5-4-6-9-13)17-11-12(2,15-11)10(14)16/h10H,3-9,16H2,1-2H3. The second-order valence-corrected chi connectivity index (χ2v) is 10.5. The molecule has 0 radical (unpaired) electrons. The van der Waals surface area contributed by atoms with Crippen LogP contribution in [0.5, 0.6) is 0 Å². The average Bonchev–Trinajstić information content (AvgIpc) is 2.92. The van der Waals surface area contributed by atoms with Gasteiger partial charge >= 0.3 is 0 Å². The minimum atomic E-state index is 0.0754. The highest BCUT2D eigenvalue weighted by molar-refractivity contribution is 14.2. The Morgan fingerprint density at radius 3 is 2.53 bits per heavy atom. The van der Waals surface area contributed by atoms with Gasteiger partial charge in [-0.05, 0) is 26.2 Å². The Bertz CT molecular complexity index is 305. The molecule has 2 unspecified atom stereocenters. The molecule has 1 aliphatic carbocycles. The minimum absolute atomic E-state index is 0.0754. The first-order valence-corrected chi connectivity index (χ1v) is 10.0. The number of hydrogen-bond donors (Lipinski definition) is 1. The summed E-state index contributed by atoms with van der Waals surface area (Å²) in [6, 6.07) is 0. The van der Waals surface area contributed by atoms with Gasteiger partial charge in [0.1, 0.15) is 0 Å². The molecule has 2 N–H and O–H groups in total. The van der Waals surface area contributed by atoms with Crippen molar-refractivity contribution in [2.45, 2.75) is 71.9 Å². The normalized spacial score (nSPS) is 33.5. The first-order valence-electron chi connectivity index (χ1n) is 6.64. The molecule has 17 heavy (non-hydrogen) atoms. The van der Waals surface area contributed by atoms with Gasteiger partial charge in [0, 0.05) is 0 Å². The van der Waals surface area contributed by atoms with Crippen LogP contribution in [0.3, 0.4) is 0 Å². The van der Waals surface area contributed by atoms with Gasteiger partial charge in [-0.1, -0.05) is 75.9 Å². The summed E-state index contributed by atoms with van der Waals surface area (Å²) < 4.78 is 8.37. The van der Waals surface area contributed by atoms with Crippen LogP contribution >= 0.6 is 43.3 Å². The molecule has 1 heterocycles. The highest BCUT2D eigenvalue weighted by Crippen LogP contribution is 2.52. The Balaban J connectivity index is 1.98. The third-order valence-corrected chi connectivity index (χ3v) is 9.94. The van der Waals surface area contributed by atoms with Gasteiger partial charge in [-0.2, -0.15) is 0 Å². The summed E-state index contributed by atoms with van der Waals surface area (Å²) in [5.41, 5.74) is 6.24. The number of halogens is 2. The van der Waals surface area contributed by atoms with Gasteiger partial charge in [-0.25, -0.2) is 0 Å². The van der Waals surface area contributed by atoms with Gasteiger partial charge < -0.3 is 10.5 Å². The molecule has 100 valence electrons. The molecule has 4 heteroatoms. The maximum Gasteiger partial charge on any atom is 0.0999 e. The summed E-state index contributed by atoms with van der Waals surface area (Å²) in [5, 5.41) is 0. The van der Waals surface area contributed by atoms with E-state index in [1.54, 1.807) is 0 Å². The summed E-state index contributed by atoms with van der Waals surface area (Å²) in [7, 11) is 0. The van der Waals surface area contributed by atoms with Crippen LogP contribution in [0.25, 0.3) is 0 Å². The molecule has 0 aromatic carbocycles. The van der Waals surface area contributed by atoms with Crippen molar-refractivity contribution in [1.29, 1.82) is 0 Å². The van der Waals surface area contributed by atoms with E-state index in [1.807, 2.05) is 0 Å². The Kier molecular flexibility index (Phi) is 4.92. The van der Waals surface area contributed by atoms with Gasteiger partial charge in [0.15, 0.2) is 0 Å². The smallest absolute Gasteiger partial charge is 0.0999 e. The van der Waals surface area contributed by atoms with E-state index in [9.17, 15) is 0 Å². The number of rotatable bonds is 5. The first-order chi connectivity index (χ1) is 8.02. The zero-order valence-electron chi connectivity index (χ0n) is 10.8. The highest BCUT2D eigenvalue weighted by atomic mass is 127. The van der Waals surface area contributed by atoms with E-state index in [2.05, 4.69) is 36.4 Å². The monoisotopic (exact) mass is 463 g/mol. The molecular weight excluding hydrogens is 440 g/mol. The van der Waals surface area contributed by atoms with Crippen LogP contribution in [-0.2, 0) is 4.74 Å². The van der Waals surface area contributed by atoms with E-state index in [0.717, 1.165) is 0 Å². The van der Waals surface area contributed by atoms with Crippen molar-refractivity contribution in [3.63, 3.8) is 0 Å². The van der Waals surface area contributed by atoms with E-state index in [4.69, 9.17) is 10.5 Å². The third kappa shape index (κ3) is 3.23. The average molecular weight is 463 g/mol. The van der Waals surface area contributed by atoms with Gasteiger partial charge in [-0.3, -0.25) is 0 Å². The molecule has 2 nitrogen and oxygen atoms in total. The molecule has 1 saturated carbocycles. The van der Waals surface area contributed by atoms with Gasteiger partial charge in [0.2, 0.25) is 0 Å². The Labute approximate surface area is 128 Å². The lowest BCUT2D eigenvalue weighted by atomic mass is 9.81. The first kappa shape index (κ1) is 14.7. The molecule has 0 aromatic rings. The van der Waals surface area contributed by atoms with E-state index in [-0.39, 0.29) is 33.8 Å². The quantitative estimate of drug-likeness (QED) is 0.379. The Morgan fingerprint density at radius 2 is 2.06 bits per heavy atom. The van der Waals surface area contributed by atoms with Crippen LogP contribution in [0.2, 0.25) is 0 Å². The van der Waals surface area contributed by atoms with Crippen LogP contribution in [0.15, 0.2) is 0 Å². The second kappa shape index (κ2) is 5.71. The van der Waals surface area contributed by atoms with Crippen molar-refractivity contribution in [2.24, 2.45) is 5.73 Å². The number of nitrogens with two attached hydrogens (primary N) is 1. The second-order valence-electron chi connectivity index (χ2n) is 5.44. The maximum absolute atomic E-state index is 6.49. The summed E-state index contributed by atoms with van der Waals surface area (Å²) in [6.45, 7) is 4.56. The lowest BCUT2D eigenvalue weighted by molar-refractivity contribution is 0.0106. The van der Waals surface area contributed by atoms with E-state index in [0.29, 0.717) is 0 Å². The van der Waals surface area contributed by atoms with Gasteiger partial charge in [-0.15, -0.1) is 0 Å². The molecule has 2 aliphatic rings. The lowest BCUT2D eigenvalue weighted by Gasteiger charge is -2.37. The topological polar surface area (TPSA) is 35.2 Å². The fourth-order valence-electron chi connectivity index (χ4n) is 2.68. The predicted molar refractivity (Wildman–Crippen MR) is 91.2 cm³/mol. The molecule has 1 fully saturated rings. The number of ether oxygens (including phenoxy) is 1. The van der Waals surface area contributed by atoms with Crippen molar-refractivity contribution >= 4 is 47.0 Å². The highest BCUT2D eigenvalue weighted by Gasteiger charge is 2.50. The van der Waals surface area contributed by atoms with E-state index >= 15 is 0 Å². The molecule has 0 saturated heterocycles. The molecule has 1 aliphatic heterocycles. The van der Waals surface area contributed by atoms with Gasteiger partial charge in [0.25, 0.3) is 0 Å². The molecule has 0 spiro atoms. The zero-order valence-corrected chi connectivity index (χ0v) is 15.1. The van der Waals surface area contributed by atoms with Crippen LogP contribution in [0, 0.1) is 0 Å². The third-order valence-electron chi connectivity index (χ3n) is 3.93. The van der Waals surface area contributed by atoms with Crippen LogP contribution < -0.4 is 5.73 Å². The molecule has 2 atom stereocenters. The molecule has 0 amide bonds. The van der Waals surface area contributed by atoms with Crippen molar-refractivity contribution in [3.8, 4) is 0 Å². The Hall–Kier alpha value is 1.25. The summed E-state index contributed by atoms with van der Waals surface area (Å²) in [6.07, 6.45) is 9.08. The molecule has 0 bridgehead atoms. The fourth-order valence-corrected chi connectivity index (χ4v) is 6.55. The summed E-state index contributed by atoms with van der Waals surface area (Å²) in [5.74, 6) is 0. The lowest BCUT2D eigenvalue weighted by Crippen LogP contribution is -2.41. The van der Waals surface area contributed by atoms with E-state index < -0.39 is 0 Å². The number of alkyl halides is 2. The van der Waals surface area contributed by atoms with Crippen LogP contribution in [0.1, 0.15) is 58.8 Å². The molecule has 0 aromatic heterocycles. The van der Waals surface area contributed by atoms with E-state index in [1.165, 1.54) is 48.6 Å². The summed E-state index contributed by atoms with van der Waals surface area (Å²) >= 11 is 2.43. The molecule has 2 rings (SSSR count). The molecular formula is C13H23I2NO. The number of hydrogen-bond acceptors (Lipinski definition) is 2. The fraction of sp³-hybridized carbons (Fsp3) is 0.923. The largest absolute Gasteiger partial charge is 0.337 e. The summed E-state index contributed by atoms with van der Waals surface area (Å²) in [4.78, 5) is 0. The van der Waals surface area contributed by atoms with Crippen molar-refractivity contribution in [1.82, 2.24) is 0 Å². The van der Waals surface area contributed by atoms with Crippen molar-refractivity contribution in [2.75, 3.05) is 0 Å². The van der Waals surface area contributed by atoms with Crippen LogP contribution in [-0.4, -0.2) is 16.8 Å². The SMILES string of the molecule is CCCC1(OC2=IC2(C)C(N)I)CCCCC1. The Morgan fingerprint density at radius 1 is 1.41 bits per heavy atom. The van der Waals surface area contributed by atoms with Crippen molar-refractivity contribution in [3.05, 3.63) is 0 Å². The zero-order chi connectivity index (χ0) is 12.5. The maximum atomic E-state index is 6.49. The minimum Gasteiger partial charge on any atom is -0.337 e. The predicted octanol–water partition coefficient (Wildman–Crippen LogP) is 4.10. The van der Waals surface area contributed by atoms with Crippen LogP contribution in [0.4, 0.5) is 0 Å². The van der Waals surface area contributed by atoms with Gasteiger partial charge in [0.05, 0.1) is 16.8 Å². The van der Waals surface area contributed by atoms with Crippen molar-refractivity contribution < 1.29 is 4.74 Å².